The Morgan fingerprint density at radius 1 is 0.900 bits per heavy atom. The molecule has 0 bridgehead atoms. The van der Waals surface area contributed by atoms with E-state index in [1.54, 1.807) is 6.07 Å². The van der Waals surface area contributed by atoms with Crippen molar-refractivity contribution in [1.82, 2.24) is 5.32 Å². The Balaban J connectivity index is 1.44. The third-order valence-electron chi connectivity index (χ3n) is 5.85. The van der Waals surface area contributed by atoms with Gasteiger partial charge in [-0.1, -0.05) is 54.6 Å². The molecule has 0 radical (unpaired) electrons. The monoisotopic (exact) mass is 403 g/mol. The van der Waals surface area contributed by atoms with E-state index in [2.05, 4.69) is 11.4 Å². The maximum absolute atomic E-state index is 12.1. The van der Waals surface area contributed by atoms with Crippen molar-refractivity contribution < 1.29 is 18.8 Å². The predicted octanol–water partition coefficient (Wildman–Crippen LogP) is 4.43. The fourth-order valence-corrected chi connectivity index (χ4v) is 3.34. The minimum Gasteiger partial charge on any atom is -0.410 e. The van der Waals surface area contributed by atoms with Gasteiger partial charge in [-0.25, -0.2) is 4.79 Å². The van der Waals surface area contributed by atoms with E-state index in [1.165, 1.54) is 0 Å². The molecule has 1 amide bonds. The van der Waals surface area contributed by atoms with Crippen LogP contribution in [0, 0.1) is 0 Å². The van der Waals surface area contributed by atoms with Crippen LogP contribution in [0.1, 0.15) is 33.3 Å². The maximum Gasteiger partial charge on any atom is 0.494 e. The number of ether oxygens (including phenoxy) is 1. The smallest absolute Gasteiger partial charge is 0.410 e. The lowest BCUT2D eigenvalue weighted by Crippen LogP contribution is -2.41. The van der Waals surface area contributed by atoms with Gasteiger partial charge in [0.05, 0.1) is 11.2 Å². The van der Waals surface area contributed by atoms with E-state index in [0.717, 1.165) is 21.8 Å². The van der Waals surface area contributed by atoms with E-state index >= 15 is 0 Å². The Morgan fingerprint density at radius 2 is 1.53 bits per heavy atom. The summed E-state index contributed by atoms with van der Waals surface area (Å²) in [5.41, 5.74) is 1.23. The van der Waals surface area contributed by atoms with Crippen LogP contribution >= 0.6 is 0 Å². The SMILES string of the molecule is CC1(C)OB(c2ccc3cc(OC(=O)NCc4ccccc4)ccc3c2)OC1(C)C. The number of fused-ring (bicyclic) bond motifs is 1. The van der Waals surface area contributed by atoms with Crippen LogP contribution in [-0.4, -0.2) is 24.4 Å². The molecule has 0 saturated carbocycles. The summed E-state index contributed by atoms with van der Waals surface area (Å²) in [5.74, 6) is 0.497. The van der Waals surface area contributed by atoms with Gasteiger partial charge in [0.2, 0.25) is 0 Å². The van der Waals surface area contributed by atoms with E-state index in [1.807, 2.05) is 82.3 Å². The van der Waals surface area contributed by atoms with Gasteiger partial charge in [0.1, 0.15) is 5.75 Å². The van der Waals surface area contributed by atoms with Crippen LogP contribution in [0.25, 0.3) is 10.8 Å². The van der Waals surface area contributed by atoms with Gasteiger partial charge >= 0.3 is 13.2 Å². The number of carbonyl (C=O) groups is 1. The molecule has 4 rings (SSSR count). The number of carbonyl (C=O) groups excluding carboxylic acids is 1. The summed E-state index contributed by atoms with van der Waals surface area (Å²) >= 11 is 0. The molecule has 30 heavy (non-hydrogen) atoms. The minimum absolute atomic E-state index is 0.378. The molecule has 1 aliphatic heterocycles. The fourth-order valence-electron chi connectivity index (χ4n) is 3.34. The molecule has 154 valence electrons. The van der Waals surface area contributed by atoms with Crippen molar-refractivity contribution in [2.45, 2.75) is 45.4 Å². The molecule has 1 heterocycles. The molecule has 0 spiro atoms. The predicted molar refractivity (Wildman–Crippen MR) is 119 cm³/mol. The molecule has 0 aromatic heterocycles. The first-order valence-electron chi connectivity index (χ1n) is 10.1. The molecule has 0 unspecified atom stereocenters. The zero-order valence-electron chi connectivity index (χ0n) is 17.8. The Morgan fingerprint density at radius 3 is 2.23 bits per heavy atom. The summed E-state index contributed by atoms with van der Waals surface area (Å²) in [6.45, 7) is 8.59. The molecule has 5 nitrogen and oxygen atoms in total. The number of hydrogen-bond donors (Lipinski definition) is 1. The first-order valence-corrected chi connectivity index (χ1v) is 10.1. The Bertz CT molecular complexity index is 1050. The number of nitrogens with one attached hydrogen (secondary N) is 1. The normalized spacial score (nSPS) is 17.1. The lowest BCUT2D eigenvalue weighted by Gasteiger charge is -2.32. The molecule has 3 aromatic rings. The Labute approximate surface area is 177 Å². The largest absolute Gasteiger partial charge is 0.494 e. The minimum atomic E-state index is -0.480. The van der Waals surface area contributed by atoms with E-state index in [-0.39, 0.29) is 11.2 Å². The highest BCUT2D eigenvalue weighted by Gasteiger charge is 2.51. The van der Waals surface area contributed by atoms with Crippen LogP contribution in [0.3, 0.4) is 0 Å². The number of benzene rings is 3. The molecule has 6 heteroatoms. The van der Waals surface area contributed by atoms with Crippen LogP contribution in [-0.2, 0) is 15.9 Å². The molecular weight excluding hydrogens is 377 g/mol. The molecular formula is C24H26BNO4. The first kappa shape index (κ1) is 20.4. The van der Waals surface area contributed by atoms with Gasteiger partial charge in [0, 0.05) is 6.54 Å². The van der Waals surface area contributed by atoms with Gasteiger partial charge < -0.3 is 19.4 Å². The van der Waals surface area contributed by atoms with Crippen molar-refractivity contribution >= 4 is 29.4 Å². The summed E-state index contributed by atoms with van der Waals surface area (Å²) in [4.78, 5) is 12.1. The van der Waals surface area contributed by atoms with Crippen molar-refractivity contribution in [3.63, 3.8) is 0 Å². The zero-order chi connectivity index (χ0) is 21.4. The summed E-state index contributed by atoms with van der Waals surface area (Å²) in [6.07, 6.45) is -0.480. The Hall–Kier alpha value is -2.83. The highest BCUT2D eigenvalue weighted by molar-refractivity contribution is 6.62. The van der Waals surface area contributed by atoms with Crippen LogP contribution < -0.4 is 15.5 Å². The van der Waals surface area contributed by atoms with Crippen LogP contribution in [0.15, 0.2) is 66.7 Å². The zero-order valence-corrected chi connectivity index (χ0v) is 17.8. The van der Waals surface area contributed by atoms with Gasteiger partial charge in [0.15, 0.2) is 0 Å². The topological polar surface area (TPSA) is 56.8 Å². The van der Waals surface area contributed by atoms with Gasteiger partial charge in [-0.3, -0.25) is 0 Å². The van der Waals surface area contributed by atoms with Gasteiger partial charge in [-0.05, 0) is 61.6 Å². The highest BCUT2D eigenvalue weighted by atomic mass is 16.7. The van der Waals surface area contributed by atoms with Crippen LogP contribution in [0.2, 0.25) is 0 Å². The van der Waals surface area contributed by atoms with Gasteiger partial charge in [-0.15, -0.1) is 0 Å². The molecule has 1 fully saturated rings. The molecule has 3 aromatic carbocycles. The van der Waals surface area contributed by atoms with E-state index in [4.69, 9.17) is 14.0 Å². The molecule has 0 atom stereocenters. The van der Waals surface area contributed by atoms with Crippen molar-refractivity contribution in [2.24, 2.45) is 0 Å². The molecule has 0 aliphatic carbocycles. The van der Waals surface area contributed by atoms with Crippen molar-refractivity contribution in [3.05, 3.63) is 72.3 Å². The van der Waals surface area contributed by atoms with Gasteiger partial charge in [-0.2, -0.15) is 0 Å². The quantitative estimate of drug-likeness (QED) is 0.655. The number of rotatable bonds is 4. The fraction of sp³-hybridized carbons (Fsp3) is 0.292. The summed E-state index contributed by atoms with van der Waals surface area (Å²) < 4.78 is 17.7. The van der Waals surface area contributed by atoms with E-state index in [0.29, 0.717) is 12.3 Å². The second-order valence-electron chi connectivity index (χ2n) is 8.59. The first-order chi connectivity index (χ1) is 14.2. The van der Waals surface area contributed by atoms with E-state index in [9.17, 15) is 4.79 Å². The lowest BCUT2D eigenvalue weighted by atomic mass is 9.78. The van der Waals surface area contributed by atoms with Crippen molar-refractivity contribution in [2.75, 3.05) is 0 Å². The average Bonchev–Trinajstić information content (AvgIpc) is 2.94. The highest BCUT2D eigenvalue weighted by Crippen LogP contribution is 2.36. The van der Waals surface area contributed by atoms with Crippen molar-refractivity contribution in [3.8, 4) is 5.75 Å². The van der Waals surface area contributed by atoms with Gasteiger partial charge in [0.25, 0.3) is 0 Å². The summed E-state index contributed by atoms with van der Waals surface area (Å²) in [6, 6.07) is 21.3. The summed E-state index contributed by atoms with van der Waals surface area (Å²) in [5, 5.41) is 4.77. The third-order valence-corrected chi connectivity index (χ3v) is 5.85. The van der Waals surface area contributed by atoms with Crippen LogP contribution in [0.4, 0.5) is 4.79 Å². The standard InChI is InChI=1S/C24H26BNO4/c1-23(2)24(3,4)30-25(29-23)20-12-10-19-15-21(13-11-18(19)14-20)28-22(27)26-16-17-8-6-5-7-9-17/h5-15H,16H2,1-4H3,(H,26,27). The maximum atomic E-state index is 12.1. The second-order valence-corrected chi connectivity index (χ2v) is 8.59. The summed E-state index contributed by atoms with van der Waals surface area (Å²) in [7, 11) is -0.404. The Kier molecular flexibility index (Phi) is 5.30. The third kappa shape index (κ3) is 4.20. The average molecular weight is 403 g/mol. The molecule has 1 aliphatic rings. The molecule has 1 saturated heterocycles. The van der Waals surface area contributed by atoms with E-state index < -0.39 is 13.2 Å². The number of hydrogen-bond acceptors (Lipinski definition) is 4. The van der Waals surface area contributed by atoms with Crippen molar-refractivity contribution in [1.29, 1.82) is 0 Å². The lowest BCUT2D eigenvalue weighted by molar-refractivity contribution is 0.00578. The van der Waals surface area contributed by atoms with Crippen LogP contribution in [0.5, 0.6) is 5.75 Å². The molecule has 1 N–H and O–H groups in total. The number of amides is 1. The second kappa shape index (κ2) is 7.78.